The third-order valence-electron chi connectivity index (χ3n) is 2.08. The fourth-order valence-electron chi connectivity index (χ4n) is 1.18. The van der Waals surface area contributed by atoms with Crippen molar-refractivity contribution in [3.8, 4) is 0 Å². The van der Waals surface area contributed by atoms with Crippen LogP contribution in [0.5, 0.6) is 0 Å². The predicted octanol–water partition coefficient (Wildman–Crippen LogP) is 0.379. The van der Waals surface area contributed by atoms with Crippen molar-refractivity contribution in [3.63, 3.8) is 0 Å². The molecule has 0 atom stereocenters. The van der Waals surface area contributed by atoms with E-state index in [1.54, 1.807) is 18.2 Å². The summed E-state index contributed by atoms with van der Waals surface area (Å²) in [5.74, 6) is 0. The fourth-order valence-corrected chi connectivity index (χ4v) is 1.68. The number of benzene rings is 2. The molecule has 0 fully saturated rings. The van der Waals surface area contributed by atoms with Crippen molar-refractivity contribution in [3.05, 3.63) is 72.8 Å². The summed E-state index contributed by atoms with van der Waals surface area (Å²) in [7, 11) is -4.00. The molecule has 0 amide bonds. The Morgan fingerprint density at radius 1 is 0.947 bits per heavy atom. The van der Waals surface area contributed by atoms with E-state index in [2.05, 4.69) is 6.58 Å². The zero-order valence-electron chi connectivity index (χ0n) is 11.7. The third kappa shape index (κ3) is 7.79. The van der Waals surface area contributed by atoms with Crippen LogP contribution in [-0.4, -0.2) is 13.0 Å². The molecule has 2 aromatic rings. The first-order chi connectivity index (χ1) is 8.54. The van der Waals surface area contributed by atoms with Gasteiger partial charge in [0.2, 0.25) is 0 Å². The van der Waals surface area contributed by atoms with Gasteiger partial charge in [-0.1, -0.05) is 61.2 Å². The summed E-state index contributed by atoms with van der Waals surface area (Å²) in [6.07, 6.45) is 1.83. The van der Waals surface area contributed by atoms with Gasteiger partial charge in [0, 0.05) is 0 Å². The van der Waals surface area contributed by atoms with Gasteiger partial charge in [-0.2, -0.15) is 8.42 Å². The number of hydrogen-bond donors (Lipinski definition) is 1. The Bertz CT molecular complexity index is 586. The van der Waals surface area contributed by atoms with Crippen LogP contribution in [0.1, 0.15) is 6.99 Å². The van der Waals surface area contributed by atoms with E-state index in [-0.39, 0.29) is 57.7 Å². The van der Waals surface area contributed by atoms with E-state index in [9.17, 15) is 8.42 Å². The molecular formula is C14H15KO3S. The van der Waals surface area contributed by atoms with Crippen molar-refractivity contribution in [2.24, 2.45) is 0 Å². The van der Waals surface area contributed by atoms with Crippen LogP contribution >= 0.6 is 0 Å². The molecule has 5 heteroatoms. The average molecular weight is 302 g/mol. The minimum absolute atomic E-state index is 0. The first-order valence-electron chi connectivity index (χ1n) is 5.24. The molecule has 0 unspecified atom stereocenters. The Morgan fingerprint density at radius 3 is 1.63 bits per heavy atom. The van der Waals surface area contributed by atoms with Crippen LogP contribution in [-0.2, 0) is 10.1 Å². The average Bonchev–Trinajstić information content (AvgIpc) is 2.40. The minimum Gasteiger partial charge on any atom is -1.00 e. The molecule has 0 radical (unpaired) electrons. The van der Waals surface area contributed by atoms with Crippen molar-refractivity contribution in [1.82, 2.24) is 0 Å². The molecule has 0 saturated heterocycles. The van der Waals surface area contributed by atoms with Crippen molar-refractivity contribution in [1.29, 1.82) is 0 Å². The second-order valence-electron chi connectivity index (χ2n) is 3.40. The molecule has 0 heterocycles. The fraction of sp³-hybridized carbons (Fsp3) is 0. The van der Waals surface area contributed by atoms with Crippen molar-refractivity contribution >= 4 is 16.2 Å². The van der Waals surface area contributed by atoms with Gasteiger partial charge in [-0.3, -0.25) is 4.55 Å². The number of rotatable bonds is 2. The van der Waals surface area contributed by atoms with Crippen molar-refractivity contribution in [2.75, 3.05) is 0 Å². The first-order valence-corrected chi connectivity index (χ1v) is 6.68. The molecule has 0 aliphatic carbocycles. The molecular weight excluding hydrogens is 287 g/mol. The maximum absolute atomic E-state index is 10.4. The second-order valence-corrected chi connectivity index (χ2v) is 4.82. The van der Waals surface area contributed by atoms with Crippen LogP contribution in [0.25, 0.3) is 6.08 Å². The van der Waals surface area contributed by atoms with Crippen LogP contribution in [0.15, 0.2) is 72.1 Å². The SMILES string of the molecule is C=Cc1ccccc1.O=S(=O)(O)c1ccccc1.[H-].[K+]. The zero-order valence-corrected chi connectivity index (χ0v) is 14.7. The standard InChI is InChI=1S/C8H8.C6H6O3S.K.H/c1-2-8-6-4-3-5-7-8;7-10(8,9)6-4-2-1-3-5-6;;/h2-7H,1H2;1-5H,(H,7,8,9);;/q;;+1;-1. The molecule has 96 valence electrons. The monoisotopic (exact) mass is 302 g/mol. The van der Waals surface area contributed by atoms with Gasteiger partial charge in [0.25, 0.3) is 10.1 Å². The van der Waals surface area contributed by atoms with Crippen LogP contribution in [0.2, 0.25) is 0 Å². The molecule has 2 aromatic carbocycles. The first kappa shape index (κ1) is 18.7. The van der Waals surface area contributed by atoms with Gasteiger partial charge in [-0.05, 0) is 17.7 Å². The van der Waals surface area contributed by atoms with E-state index >= 15 is 0 Å². The molecule has 19 heavy (non-hydrogen) atoms. The van der Waals surface area contributed by atoms with E-state index in [4.69, 9.17) is 4.55 Å². The van der Waals surface area contributed by atoms with Crippen LogP contribution in [0.4, 0.5) is 0 Å². The van der Waals surface area contributed by atoms with Gasteiger partial charge in [-0.25, -0.2) is 0 Å². The van der Waals surface area contributed by atoms with E-state index in [1.807, 2.05) is 36.4 Å². The summed E-state index contributed by atoms with van der Waals surface area (Å²) in [5, 5.41) is 0. The summed E-state index contributed by atoms with van der Waals surface area (Å²) in [6, 6.07) is 17.5. The van der Waals surface area contributed by atoms with E-state index in [0.29, 0.717) is 0 Å². The summed E-state index contributed by atoms with van der Waals surface area (Å²) < 4.78 is 29.2. The van der Waals surface area contributed by atoms with Gasteiger partial charge in [-0.15, -0.1) is 0 Å². The Morgan fingerprint density at radius 2 is 1.37 bits per heavy atom. The van der Waals surface area contributed by atoms with E-state index in [0.717, 1.165) is 0 Å². The van der Waals surface area contributed by atoms with Crippen molar-refractivity contribution < 1.29 is 65.8 Å². The van der Waals surface area contributed by atoms with Gasteiger partial charge in [0.1, 0.15) is 0 Å². The van der Waals surface area contributed by atoms with E-state index < -0.39 is 10.1 Å². The molecule has 0 bridgehead atoms. The molecule has 0 aliphatic heterocycles. The molecule has 0 saturated carbocycles. The topological polar surface area (TPSA) is 54.4 Å². The molecule has 3 nitrogen and oxygen atoms in total. The van der Waals surface area contributed by atoms with Gasteiger partial charge >= 0.3 is 51.4 Å². The number of hydrogen-bond acceptors (Lipinski definition) is 2. The Labute approximate surface area is 158 Å². The largest absolute Gasteiger partial charge is 1.00 e. The van der Waals surface area contributed by atoms with Crippen molar-refractivity contribution in [2.45, 2.75) is 4.90 Å². The summed E-state index contributed by atoms with van der Waals surface area (Å²) in [4.78, 5) is -0.0741. The van der Waals surface area contributed by atoms with Gasteiger partial charge in [0.15, 0.2) is 0 Å². The zero-order chi connectivity index (χ0) is 13.4. The molecule has 0 aromatic heterocycles. The summed E-state index contributed by atoms with van der Waals surface area (Å²) in [5.41, 5.74) is 1.17. The Balaban J connectivity index is 0. The summed E-state index contributed by atoms with van der Waals surface area (Å²) in [6.45, 7) is 3.63. The maximum Gasteiger partial charge on any atom is 1.00 e. The third-order valence-corrected chi connectivity index (χ3v) is 2.94. The van der Waals surface area contributed by atoms with Gasteiger partial charge in [0.05, 0.1) is 4.90 Å². The molecule has 1 N–H and O–H groups in total. The Hall–Kier alpha value is -0.274. The van der Waals surface area contributed by atoms with E-state index in [1.165, 1.54) is 17.7 Å². The molecule has 2 rings (SSSR count). The normalized spacial score (nSPS) is 9.53. The smallest absolute Gasteiger partial charge is 1.00 e. The Kier molecular flexibility index (Phi) is 9.46. The maximum atomic E-state index is 10.4. The van der Waals surface area contributed by atoms with Crippen LogP contribution < -0.4 is 51.4 Å². The van der Waals surface area contributed by atoms with Crippen LogP contribution in [0, 0.1) is 0 Å². The molecule has 0 aliphatic rings. The molecule has 0 spiro atoms. The predicted molar refractivity (Wildman–Crippen MR) is 73.9 cm³/mol. The van der Waals surface area contributed by atoms with Gasteiger partial charge < -0.3 is 1.43 Å². The summed E-state index contributed by atoms with van der Waals surface area (Å²) >= 11 is 0. The van der Waals surface area contributed by atoms with Crippen LogP contribution in [0.3, 0.4) is 0 Å². The quantitative estimate of drug-likeness (QED) is 0.644. The second kappa shape index (κ2) is 9.60. The minimum atomic E-state index is -4.00.